The Kier molecular flexibility index (Phi) is 5.53. The second-order valence-corrected chi connectivity index (χ2v) is 5.64. The van der Waals surface area contributed by atoms with E-state index in [1.165, 1.54) is 0 Å². The summed E-state index contributed by atoms with van der Waals surface area (Å²) >= 11 is 0. The maximum Gasteiger partial charge on any atom is 0.276 e. The Bertz CT molecular complexity index is 803. The van der Waals surface area contributed by atoms with E-state index in [0.717, 1.165) is 17.7 Å². The van der Waals surface area contributed by atoms with Crippen LogP contribution in [0.4, 0.5) is 0 Å². The number of rotatable bonds is 7. The van der Waals surface area contributed by atoms with Gasteiger partial charge in [-0.15, -0.1) is 5.10 Å². The molecule has 6 nitrogen and oxygen atoms in total. The number of para-hydroxylation sites is 1. The van der Waals surface area contributed by atoms with Crippen molar-refractivity contribution in [2.24, 2.45) is 0 Å². The number of aliphatic hydroxyl groups is 1. The summed E-state index contributed by atoms with van der Waals surface area (Å²) in [7, 11) is 0. The standard InChI is InChI=1S/C19H20N4O2/c24-14-13-22(12-11-16-7-3-1-4-8-16)19(25)18-15-23(21-20-18)17-9-5-2-6-10-17/h1-10,15,24H,11-14H2. The summed E-state index contributed by atoms with van der Waals surface area (Å²) in [6.07, 6.45) is 2.34. The fraction of sp³-hybridized carbons (Fsp3) is 0.211. The van der Waals surface area contributed by atoms with E-state index < -0.39 is 0 Å². The number of carbonyl (C=O) groups is 1. The van der Waals surface area contributed by atoms with Crippen molar-refractivity contribution < 1.29 is 9.90 Å². The highest BCUT2D eigenvalue weighted by Crippen LogP contribution is 2.09. The number of carbonyl (C=O) groups excluding carboxylic acids is 1. The second-order valence-electron chi connectivity index (χ2n) is 5.64. The Labute approximate surface area is 146 Å². The van der Waals surface area contributed by atoms with E-state index in [9.17, 15) is 9.90 Å². The highest BCUT2D eigenvalue weighted by Gasteiger charge is 2.19. The molecule has 1 heterocycles. The van der Waals surface area contributed by atoms with E-state index in [1.807, 2.05) is 60.7 Å². The molecule has 0 atom stereocenters. The van der Waals surface area contributed by atoms with Crippen LogP contribution in [0.15, 0.2) is 66.9 Å². The third kappa shape index (κ3) is 4.30. The molecule has 3 rings (SSSR count). The van der Waals surface area contributed by atoms with E-state index in [-0.39, 0.29) is 24.8 Å². The predicted molar refractivity (Wildman–Crippen MR) is 94.5 cm³/mol. The molecule has 0 fully saturated rings. The molecule has 1 N–H and O–H groups in total. The Hall–Kier alpha value is -2.99. The molecule has 3 aromatic rings. The van der Waals surface area contributed by atoms with Crippen LogP contribution in [0.1, 0.15) is 16.1 Å². The van der Waals surface area contributed by atoms with Gasteiger partial charge >= 0.3 is 0 Å². The topological polar surface area (TPSA) is 71.2 Å². The lowest BCUT2D eigenvalue weighted by Crippen LogP contribution is -2.35. The number of nitrogens with zero attached hydrogens (tertiary/aromatic N) is 4. The monoisotopic (exact) mass is 336 g/mol. The molecule has 0 aliphatic heterocycles. The average molecular weight is 336 g/mol. The second kappa shape index (κ2) is 8.21. The van der Waals surface area contributed by atoms with Gasteiger partial charge in [0.15, 0.2) is 5.69 Å². The first kappa shape index (κ1) is 16.9. The van der Waals surface area contributed by atoms with E-state index in [2.05, 4.69) is 10.3 Å². The molecule has 0 unspecified atom stereocenters. The molecule has 0 radical (unpaired) electrons. The first-order valence-corrected chi connectivity index (χ1v) is 8.20. The summed E-state index contributed by atoms with van der Waals surface area (Å²) in [5, 5.41) is 17.3. The van der Waals surface area contributed by atoms with Gasteiger partial charge in [0.1, 0.15) is 0 Å². The molecule has 0 aliphatic carbocycles. The number of hydrogen-bond donors (Lipinski definition) is 1. The van der Waals surface area contributed by atoms with Gasteiger partial charge in [-0.1, -0.05) is 53.7 Å². The molecule has 128 valence electrons. The fourth-order valence-corrected chi connectivity index (χ4v) is 2.58. The quantitative estimate of drug-likeness (QED) is 0.716. The molecule has 1 aromatic heterocycles. The summed E-state index contributed by atoms with van der Waals surface area (Å²) in [6, 6.07) is 19.4. The van der Waals surface area contributed by atoms with Crippen LogP contribution in [0.25, 0.3) is 5.69 Å². The normalized spacial score (nSPS) is 10.6. The van der Waals surface area contributed by atoms with Gasteiger partial charge in [-0.25, -0.2) is 4.68 Å². The van der Waals surface area contributed by atoms with Crippen LogP contribution < -0.4 is 0 Å². The number of amides is 1. The smallest absolute Gasteiger partial charge is 0.276 e. The fourth-order valence-electron chi connectivity index (χ4n) is 2.58. The van der Waals surface area contributed by atoms with Crippen molar-refractivity contribution in [1.82, 2.24) is 19.9 Å². The van der Waals surface area contributed by atoms with Crippen LogP contribution in [-0.2, 0) is 6.42 Å². The minimum Gasteiger partial charge on any atom is -0.395 e. The van der Waals surface area contributed by atoms with Crippen molar-refractivity contribution in [3.63, 3.8) is 0 Å². The molecule has 0 aliphatic rings. The van der Waals surface area contributed by atoms with Crippen LogP contribution >= 0.6 is 0 Å². The minimum absolute atomic E-state index is 0.0899. The zero-order valence-electron chi connectivity index (χ0n) is 13.8. The average Bonchev–Trinajstić information content (AvgIpc) is 3.16. The first-order chi connectivity index (χ1) is 12.3. The van der Waals surface area contributed by atoms with Gasteiger partial charge in [0.2, 0.25) is 0 Å². The molecule has 1 amide bonds. The van der Waals surface area contributed by atoms with Crippen molar-refractivity contribution in [3.8, 4) is 5.69 Å². The highest BCUT2D eigenvalue weighted by atomic mass is 16.3. The van der Waals surface area contributed by atoms with Gasteiger partial charge in [0, 0.05) is 13.1 Å². The van der Waals surface area contributed by atoms with Gasteiger partial charge in [0.25, 0.3) is 5.91 Å². The van der Waals surface area contributed by atoms with Gasteiger partial charge < -0.3 is 10.0 Å². The van der Waals surface area contributed by atoms with E-state index in [0.29, 0.717) is 6.54 Å². The third-order valence-electron chi connectivity index (χ3n) is 3.90. The molecular weight excluding hydrogens is 316 g/mol. The number of benzene rings is 2. The molecule has 25 heavy (non-hydrogen) atoms. The van der Waals surface area contributed by atoms with Crippen molar-refractivity contribution in [2.45, 2.75) is 6.42 Å². The summed E-state index contributed by atoms with van der Waals surface area (Å²) in [6.45, 7) is 0.693. The molecule has 2 aromatic carbocycles. The zero-order chi connectivity index (χ0) is 17.5. The van der Waals surface area contributed by atoms with Gasteiger partial charge in [-0.3, -0.25) is 4.79 Å². The summed E-state index contributed by atoms with van der Waals surface area (Å²) < 4.78 is 1.57. The maximum atomic E-state index is 12.7. The Morgan fingerprint density at radius 3 is 2.36 bits per heavy atom. The van der Waals surface area contributed by atoms with Gasteiger partial charge in [-0.2, -0.15) is 0 Å². The molecule has 0 bridgehead atoms. The number of aromatic nitrogens is 3. The molecular formula is C19H20N4O2. The van der Waals surface area contributed by atoms with E-state index in [1.54, 1.807) is 15.8 Å². The third-order valence-corrected chi connectivity index (χ3v) is 3.90. The van der Waals surface area contributed by atoms with Crippen LogP contribution in [0.2, 0.25) is 0 Å². The van der Waals surface area contributed by atoms with Gasteiger partial charge in [0.05, 0.1) is 18.5 Å². The summed E-state index contributed by atoms with van der Waals surface area (Å²) in [5.41, 5.74) is 2.25. The lowest BCUT2D eigenvalue weighted by molar-refractivity contribution is 0.0718. The van der Waals surface area contributed by atoms with Crippen LogP contribution in [0, 0.1) is 0 Å². The Morgan fingerprint density at radius 2 is 1.68 bits per heavy atom. The molecule has 0 saturated heterocycles. The Morgan fingerprint density at radius 1 is 1.00 bits per heavy atom. The molecule has 0 spiro atoms. The minimum atomic E-state index is -0.229. The van der Waals surface area contributed by atoms with Crippen molar-refractivity contribution in [2.75, 3.05) is 19.7 Å². The lowest BCUT2D eigenvalue weighted by atomic mass is 10.1. The molecule has 0 saturated carbocycles. The lowest BCUT2D eigenvalue weighted by Gasteiger charge is -2.20. The first-order valence-electron chi connectivity index (χ1n) is 8.20. The number of aliphatic hydroxyl groups excluding tert-OH is 1. The summed E-state index contributed by atoms with van der Waals surface area (Å²) in [4.78, 5) is 14.3. The van der Waals surface area contributed by atoms with E-state index >= 15 is 0 Å². The predicted octanol–water partition coefficient (Wildman–Crippen LogP) is 1.94. The van der Waals surface area contributed by atoms with Crippen molar-refractivity contribution in [3.05, 3.63) is 78.1 Å². The van der Waals surface area contributed by atoms with Crippen molar-refractivity contribution >= 4 is 5.91 Å². The maximum absolute atomic E-state index is 12.7. The molecule has 6 heteroatoms. The van der Waals surface area contributed by atoms with Crippen LogP contribution in [0.3, 0.4) is 0 Å². The van der Waals surface area contributed by atoms with Crippen LogP contribution in [0.5, 0.6) is 0 Å². The summed E-state index contributed by atoms with van der Waals surface area (Å²) in [5.74, 6) is -0.229. The van der Waals surface area contributed by atoms with Crippen LogP contribution in [-0.4, -0.2) is 50.6 Å². The largest absolute Gasteiger partial charge is 0.395 e. The Balaban J connectivity index is 1.71. The highest BCUT2D eigenvalue weighted by molar-refractivity contribution is 5.92. The van der Waals surface area contributed by atoms with E-state index in [4.69, 9.17) is 0 Å². The van der Waals surface area contributed by atoms with Gasteiger partial charge in [-0.05, 0) is 24.1 Å². The SMILES string of the molecule is O=C(c1cn(-c2ccccc2)nn1)N(CCO)CCc1ccccc1. The zero-order valence-corrected chi connectivity index (χ0v) is 13.8. The number of hydrogen-bond acceptors (Lipinski definition) is 4. The van der Waals surface area contributed by atoms with Crippen molar-refractivity contribution in [1.29, 1.82) is 0 Å².